The van der Waals surface area contributed by atoms with Crippen molar-refractivity contribution in [2.24, 2.45) is 10.9 Å². The number of carbonyl (C=O) groups excluding carboxylic acids is 1. The third kappa shape index (κ3) is 3.83. The molecule has 4 rings (SSSR count). The summed E-state index contributed by atoms with van der Waals surface area (Å²) in [4.78, 5) is 19.2. The summed E-state index contributed by atoms with van der Waals surface area (Å²) >= 11 is 1.48. The molecule has 7 heteroatoms. The number of benzene rings is 1. The van der Waals surface area contributed by atoms with Crippen LogP contribution in [0.5, 0.6) is 0 Å². The molecule has 2 saturated heterocycles. The van der Waals surface area contributed by atoms with Gasteiger partial charge in [0.05, 0.1) is 17.5 Å². The SMILES string of the molecule is O=C(N=C1S[C@H]2CS(=O)(=O)C[C@@H]2N1Cc1ccccc1)C1CCCCC1. The summed E-state index contributed by atoms with van der Waals surface area (Å²) in [5, 5.41) is 0.705. The van der Waals surface area contributed by atoms with Crippen LogP contribution in [-0.2, 0) is 21.2 Å². The summed E-state index contributed by atoms with van der Waals surface area (Å²) < 4.78 is 24.1. The summed E-state index contributed by atoms with van der Waals surface area (Å²) in [6, 6.07) is 9.90. The smallest absolute Gasteiger partial charge is 0.251 e. The molecule has 140 valence electrons. The number of sulfone groups is 1. The van der Waals surface area contributed by atoms with Gasteiger partial charge in [0.1, 0.15) is 0 Å². The van der Waals surface area contributed by atoms with Gasteiger partial charge in [0.25, 0.3) is 5.91 Å². The zero-order chi connectivity index (χ0) is 18.1. The van der Waals surface area contributed by atoms with Crippen molar-refractivity contribution in [3.05, 3.63) is 35.9 Å². The van der Waals surface area contributed by atoms with Gasteiger partial charge >= 0.3 is 0 Å². The van der Waals surface area contributed by atoms with E-state index >= 15 is 0 Å². The molecule has 0 aromatic heterocycles. The lowest BCUT2D eigenvalue weighted by molar-refractivity contribution is -0.122. The number of nitrogens with zero attached hydrogens (tertiary/aromatic N) is 2. The molecule has 26 heavy (non-hydrogen) atoms. The van der Waals surface area contributed by atoms with Crippen molar-refractivity contribution in [2.45, 2.75) is 49.9 Å². The van der Waals surface area contributed by atoms with Crippen LogP contribution in [0.25, 0.3) is 0 Å². The first-order valence-electron chi connectivity index (χ1n) is 9.32. The molecule has 0 unspecified atom stereocenters. The lowest BCUT2D eigenvalue weighted by Gasteiger charge is -2.25. The minimum atomic E-state index is -3.01. The molecule has 0 N–H and O–H groups in total. The minimum absolute atomic E-state index is 0.0124. The Kier molecular flexibility index (Phi) is 5.10. The molecule has 2 aliphatic heterocycles. The molecule has 1 saturated carbocycles. The molecule has 0 bridgehead atoms. The maximum atomic E-state index is 12.7. The van der Waals surface area contributed by atoms with Gasteiger partial charge in [-0.3, -0.25) is 4.79 Å². The van der Waals surface area contributed by atoms with Gasteiger partial charge in [-0.15, -0.1) is 0 Å². The fraction of sp³-hybridized carbons (Fsp3) is 0.579. The highest BCUT2D eigenvalue weighted by molar-refractivity contribution is 8.15. The van der Waals surface area contributed by atoms with E-state index in [1.54, 1.807) is 0 Å². The van der Waals surface area contributed by atoms with Crippen molar-refractivity contribution in [1.82, 2.24) is 4.90 Å². The van der Waals surface area contributed by atoms with E-state index in [-0.39, 0.29) is 34.6 Å². The lowest BCUT2D eigenvalue weighted by Crippen LogP contribution is -2.37. The van der Waals surface area contributed by atoms with E-state index in [9.17, 15) is 13.2 Å². The van der Waals surface area contributed by atoms with Crippen LogP contribution in [0, 0.1) is 5.92 Å². The molecule has 0 spiro atoms. The quantitative estimate of drug-likeness (QED) is 0.791. The molecule has 1 aromatic rings. The molecule has 0 radical (unpaired) electrons. The monoisotopic (exact) mass is 392 g/mol. The van der Waals surface area contributed by atoms with Crippen LogP contribution >= 0.6 is 11.8 Å². The van der Waals surface area contributed by atoms with E-state index in [1.165, 1.54) is 18.2 Å². The second-order valence-electron chi connectivity index (χ2n) is 7.48. The van der Waals surface area contributed by atoms with Gasteiger partial charge < -0.3 is 4.90 Å². The van der Waals surface area contributed by atoms with E-state index in [0.717, 1.165) is 31.2 Å². The van der Waals surface area contributed by atoms with E-state index in [4.69, 9.17) is 0 Å². The first-order chi connectivity index (χ1) is 12.5. The Hall–Kier alpha value is -1.34. The number of aliphatic imine (C=N–C) groups is 1. The molecular weight excluding hydrogens is 368 g/mol. The van der Waals surface area contributed by atoms with Gasteiger partial charge in [-0.2, -0.15) is 4.99 Å². The molecule has 5 nitrogen and oxygen atoms in total. The molecule has 2 atom stereocenters. The third-order valence-corrected chi connectivity index (χ3v) is 8.78. The Morgan fingerprint density at radius 2 is 1.85 bits per heavy atom. The summed E-state index contributed by atoms with van der Waals surface area (Å²) in [5.41, 5.74) is 1.11. The highest BCUT2D eigenvalue weighted by Crippen LogP contribution is 2.39. The zero-order valence-electron chi connectivity index (χ0n) is 14.7. The van der Waals surface area contributed by atoms with Gasteiger partial charge in [0, 0.05) is 17.7 Å². The third-order valence-electron chi connectivity index (χ3n) is 5.53. The molecule has 2 heterocycles. The van der Waals surface area contributed by atoms with Crippen LogP contribution < -0.4 is 0 Å². The molecule has 1 aromatic carbocycles. The van der Waals surface area contributed by atoms with E-state index < -0.39 is 9.84 Å². The predicted molar refractivity (Wildman–Crippen MR) is 105 cm³/mol. The average Bonchev–Trinajstić information content (AvgIpc) is 3.09. The predicted octanol–water partition coefficient (Wildman–Crippen LogP) is 2.86. The Morgan fingerprint density at radius 3 is 2.58 bits per heavy atom. The van der Waals surface area contributed by atoms with Gasteiger partial charge in [0.2, 0.25) is 0 Å². The van der Waals surface area contributed by atoms with Gasteiger partial charge in [0.15, 0.2) is 15.0 Å². The minimum Gasteiger partial charge on any atom is -0.342 e. The number of amides is 1. The maximum Gasteiger partial charge on any atom is 0.251 e. The van der Waals surface area contributed by atoms with Gasteiger partial charge in [-0.05, 0) is 18.4 Å². The van der Waals surface area contributed by atoms with Crippen molar-refractivity contribution >= 4 is 32.7 Å². The number of amidine groups is 1. The second kappa shape index (κ2) is 7.35. The van der Waals surface area contributed by atoms with Crippen LogP contribution in [0.4, 0.5) is 0 Å². The number of hydrogen-bond acceptors (Lipinski definition) is 4. The van der Waals surface area contributed by atoms with Crippen LogP contribution in [-0.4, -0.2) is 47.2 Å². The normalized spacial score (nSPS) is 29.8. The van der Waals surface area contributed by atoms with E-state index in [1.807, 2.05) is 30.3 Å². The number of thioether (sulfide) groups is 1. The largest absolute Gasteiger partial charge is 0.342 e. The number of hydrogen-bond donors (Lipinski definition) is 0. The lowest BCUT2D eigenvalue weighted by atomic mass is 9.89. The molecule has 1 amide bonds. The van der Waals surface area contributed by atoms with Crippen LogP contribution in [0.2, 0.25) is 0 Å². The summed E-state index contributed by atoms with van der Waals surface area (Å²) in [7, 11) is -3.01. The Labute approximate surface area is 159 Å². The maximum absolute atomic E-state index is 12.7. The Morgan fingerprint density at radius 1 is 1.12 bits per heavy atom. The Bertz CT molecular complexity index is 801. The van der Waals surface area contributed by atoms with Crippen LogP contribution in [0.1, 0.15) is 37.7 Å². The van der Waals surface area contributed by atoms with Crippen LogP contribution in [0.15, 0.2) is 35.3 Å². The average molecular weight is 393 g/mol. The fourth-order valence-corrected chi connectivity index (χ4v) is 8.09. The van der Waals surface area contributed by atoms with Crippen molar-refractivity contribution in [2.75, 3.05) is 11.5 Å². The van der Waals surface area contributed by atoms with Crippen molar-refractivity contribution in [3.8, 4) is 0 Å². The Balaban J connectivity index is 1.58. The summed E-state index contributed by atoms with van der Waals surface area (Å²) in [5.74, 6) is 0.367. The number of fused-ring (bicyclic) bond motifs is 1. The topological polar surface area (TPSA) is 66.8 Å². The molecule has 3 aliphatic rings. The van der Waals surface area contributed by atoms with Crippen molar-refractivity contribution in [1.29, 1.82) is 0 Å². The van der Waals surface area contributed by atoms with E-state index in [0.29, 0.717) is 11.7 Å². The standard InChI is InChI=1S/C19H24N2O3S2/c22-18(15-9-5-2-6-10-15)20-19-21(11-14-7-3-1-4-8-14)16-12-26(23,24)13-17(16)25-19/h1,3-4,7-8,15-17H,2,5-6,9-13H2/t16-,17-/m0/s1. The summed E-state index contributed by atoms with van der Waals surface area (Å²) in [6.45, 7) is 0.599. The van der Waals surface area contributed by atoms with Gasteiger partial charge in [-0.1, -0.05) is 61.4 Å². The molecular formula is C19H24N2O3S2. The molecule has 1 aliphatic carbocycles. The highest BCUT2D eigenvalue weighted by atomic mass is 32.2. The number of carbonyl (C=O) groups is 1. The molecule has 3 fully saturated rings. The number of rotatable bonds is 3. The fourth-order valence-electron chi connectivity index (χ4n) is 4.14. The second-order valence-corrected chi connectivity index (χ2v) is 10.8. The van der Waals surface area contributed by atoms with Crippen molar-refractivity contribution < 1.29 is 13.2 Å². The van der Waals surface area contributed by atoms with E-state index in [2.05, 4.69) is 9.89 Å². The van der Waals surface area contributed by atoms with Gasteiger partial charge in [-0.25, -0.2) is 8.42 Å². The van der Waals surface area contributed by atoms with Crippen LogP contribution in [0.3, 0.4) is 0 Å². The first kappa shape index (κ1) is 18.0. The van der Waals surface area contributed by atoms with Crippen molar-refractivity contribution in [3.63, 3.8) is 0 Å². The first-order valence-corrected chi connectivity index (χ1v) is 12.0. The highest BCUT2D eigenvalue weighted by Gasteiger charge is 2.48. The zero-order valence-corrected chi connectivity index (χ0v) is 16.3. The summed E-state index contributed by atoms with van der Waals surface area (Å²) in [6.07, 6.45) is 5.27.